The zero-order valence-electron chi connectivity index (χ0n) is 12.4. The van der Waals surface area contributed by atoms with Gasteiger partial charge in [-0.2, -0.15) is 0 Å². The van der Waals surface area contributed by atoms with Crippen LogP contribution in [0.1, 0.15) is 44.2 Å². The van der Waals surface area contributed by atoms with Crippen molar-refractivity contribution in [1.82, 2.24) is 4.90 Å². The number of hydrogen-bond acceptors (Lipinski definition) is 2. The molecule has 0 radical (unpaired) electrons. The molecule has 3 nitrogen and oxygen atoms in total. The molecule has 1 fully saturated rings. The summed E-state index contributed by atoms with van der Waals surface area (Å²) < 4.78 is 5.51. The minimum atomic E-state index is 0.267. The number of fused-ring (bicyclic) bond motifs is 1. The Bertz CT molecular complexity index is 502. The van der Waals surface area contributed by atoms with E-state index in [9.17, 15) is 4.79 Å². The van der Waals surface area contributed by atoms with E-state index in [2.05, 4.69) is 24.8 Å². The van der Waals surface area contributed by atoms with Gasteiger partial charge in [0, 0.05) is 18.5 Å². The van der Waals surface area contributed by atoms with Gasteiger partial charge in [-0.3, -0.25) is 4.79 Å². The number of ether oxygens (including phenoxy) is 1. The molecule has 0 N–H and O–H groups in total. The summed E-state index contributed by atoms with van der Waals surface area (Å²) in [6, 6.07) is 6.93. The molecule has 2 aliphatic rings. The van der Waals surface area contributed by atoms with Crippen LogP contribution in [-0.2, 0) is 17.6 Å². The van der Waals surface area contributed by atoms with E-state index in [1.807, 2.05) is 12.1 Å². The van der Waals surface area contributed by atoms with E-state index in [0.29, 0.717) is 18.5 Å². The first-order chi connectivity index (χ1) is 9.65. The quantitative estimate of drug-likeness (QED) is 0.829. The van der Waals surface area contributed by atoms with Crippen LogP contribution in [-0.4, -0.2) is 29.5 Å². The average molecular weight is 273 g/mol. The molecule has 0 aromatic heterocycles. The first-order valence-corrected chi connectivity index (χ1v) is 7.71. The van der Waals surface area contributed by atoms with Gasteiger partial charge >= 0.3 is 0 Å². The van der Waals surface area contributed by atoms with Crippen LogP contribution in [0.5, 0.6) is 5.75 Å². The highest BCUT2D eigenvalue weighted by Crippen LogP contribution is 2.27. The lowest BCUT2D eigenvalue weighted by Crippen LogP contribution is -2.48. The van der Waals surface area contributed by atoms with Crippen molar-refractivity contribution in [2.45, 2.75) is 58.0 Å². The summed E-state index contributed by atoms with van der Waals surface area (Å²) in [6.07, 6.45) is 4.99. The number of nitrogens with zero attached hydrogens (tertiary/aromatic N) is 1. The summed E-state index contributed by atoms with van der Waals surface area (Å²) in [5.74, 6) is 1.25. The van der Waals surface area contributed by atoms with E-state index in [1.165, 1.54) is 12.0 Å². The molecule has 2 heterocycles. The molecule has 3 heteroatoms. The Hall–Kier alpha value is -1.51. The second kappa shape index (κ2) is 5.47. The van der Waals surface area contributed by atoms with E-state index in [1.54, 1.807) is 0 Å². The number of piperidine rings is 1. The van der Waals surface area contributed by atoms with Gasteiger partial charge in [0.15, 0.2) is 0 Å². The molecule has 0 aliphatic carbocycles. The first kappa shape index (κ1) is 13.5. The van der Waals surface area contributed by atoms with Crippen LogP contribution >= 0.6 is 0 Å². The molecule has 2 aliphatic heterocycles. The van der Waals surface area contributed by atoms with Gasteiger partial charge in [0.05, 0.1) is 13.0 Å². The predicted octanol–water partition coefficient (Wildman–Crippen LogP) is 2.95. The van der Waals surface area contributed by atoms with Crippen molar-refractivity contribution in [2.75, 3.05) is 6.61 Å². The zero-order valence-corrected chi connectivity index (χ0v) is 12.4. The minimum absolute atomic E-state index is 0.267. The molecule has 3 rings (SSSR count). The zero-order chi connectivity index (χ0) is 14.1. The molecule has 20 heavy (non-hydrogen) atoms. The fourth-order valence-electron chi connectivity index (χ4n) is 3.53. The molecule has 1 aromatic rings. The van der Waals surface area contributed by atoms with Crippen molar-refractivity contribution in [3.8, 4) is 5.75 Å². The molecular weight excluding hydrogens is 250 g/mol. The van der Waals surface area contributed by atoms with Gasteiger partial charge in [0.1, 0.15) is 5.75 Å². The monoisotopic (exact) mass is 273 g/mol. The summed E-state index contributed by atoms with van der Waals surface area (Å²) in [7, 11) is 0. The summed E-state index contributed by atoms with van der Waals surface area (Å²) >= 11 is 0. The van der Waals surface area contributed by atoms with Crippen molar-refractivity contribution < 1.29 is 9.53 Å². The van der Waals surface area contributed by atoms with E-state index in [4.69, 9.17) is 4.74 Å². The van der Waals surface area contributed by atoms with Gasteiger partial charge in [-0.05, 0) is 50.3 Å². The lowest BCUT2D eigenvalue weighted by Gasteiger charge is -2.39. The number of rotatable bonds is 2. The number of amides is 1. The molecule has 1 amide bonds. The molecule has 1 saturated heterocycles. The number of carbonyl (C=O) groups is 1. The molecule has 0 saturated carbocycles. The minimum Gasteiger partial charge on any atom is -0.493 e. The van der Waals surface area contributed by atoms with Crippen molar-refractivity contribution in [2.24, 2.45) is 0 Å². The third-order valence-electron chi connectivity index (χ3n) is 4.59. The predicted molar refractivity (Wildman–Crippen MR) is 79.0 cm³/mol. The molecule has 0 spiro atoms. The van der Waals surface area contributed by atoms with Gasteiger partial charge in [-0.1, -0.05) is 12.1 Å². The summed E-state index contributed by atoms with van der Waals surface area (Å²) in [6.45, 7) is 5.11. The van der Waals surface area contributed by atoms with Crippen LogP contribution < -0.4 is 4.74 Å². The Labute approximate surface area is 120 Å². The van der Waals surface area contributed by atoms with Gasteiger partial charge < -0.3 is 9.64 Å². The van der Waals surface area contributed by atoms with Crippen molar-refractivity contribution >= 4 is 5.91 Å². The molecular formula is C17H23NO2. The Morgan fingerprint density at radius 2 is 2.05 bits per heavy atom. The SMILES string of the molecule is CC1CCCC(C)N1C(=O)Cc1ccc2c(c1)CCO2. The van der Waals surface area contributed by atoms with Crippen LogP contribution in [0.3, 0.4) is 0 Å². The van der Waals surface area contributed by atoms with Crippen molar-refractivity contribution in [3.63, 3.8) is 0 Å². The second-order valence-electron chi connectivity index (χ2n) is 6.15. The molecule has 2 atom stereocenters. The highest BCUT2D eigenvalue weighted by atomic mass is 16.5. The topological polar surface area (TPSA) is 29.5 Å². The average Bonchev–Trinajstić information content (AvgIpc) is 2.85. The number of hydrogen-bond donors (Lipinski definition) is 0. The van der Waals surface area contributed by atoms with Crippen molar-refractivity contribution in [3.05, 3.63) is 29.3 Å². The number of benzene rings is 1. The standard InChI is InChI=1S/C17H23NO2/c1-12-4-3-5-13(2)18(12)17(19)11-14-6-7-16-15(10-14)8-9-20-16/h6-7,10,12-13H,3-5,8-9,11H2,1-2H3. The molecule has 0 bridgehead atoms. The Morgan fingerprint density at radius 3 is 2.80 bits per heavy atom. The van der Waals surface area contributed by atoms with E-state index >= 15 is 0 Å². The molecule has 108 valence electrons. The van der Waals surface area contributed by atoms with Gasteiger partial charge in [-0.25, -0.2) is 0 Å². The fourth-order valence-corrected chi connectivity index (χ4v) is 3.53. The van der Waals surface area contributed by atoms with Crippen LogP contribution in [0.4, 0.5) is 0 Å². The fraction of sp³-hybridized carbons (Fsp3) is 0.588. The van der Waals surface area contributed by atoms with Crippen LogP contribution in [0, 0.1) is 0 Å². The maximum atomic E-state index is 12.6. The summed E-state index contributed by atoms with van der Waals surface area (Å²) in [5.41, 5.74) is 2.36. The van der Waals surface area contributed by atoms with E-state index in [0.717, 1.165) is 37.2 Å². The maximum Gasteiger partial charge on any atom is 0.227 e. The van der Waals surface area contributed by atoms with Gasteiger partial charge in [0.2, 0.25) is 5.91 Å². The normalized spacial score (nSPS) is 25.2. The largest absolute Gasteiger partial charge is 0.493 e. The first-order valence-electron chi connectivity index (χ1n) is 7.71. The summed E-state index contributed by atoms with van der Waals surface area (Å²) in [4.78, 5) is 14.7. The molecule has 2 unspecified atom stereocenters. The maximum absolute atomic E-state index is 12.6. The van der Waals surface area contributed by atoms with Gasteiger partial charge in [0.25, 0.3) is 0 Å². The van der Waals surface area contributed by atoms with Crippen LogP contribution in [0.2, 0.25) is 0 Å². The van der Waals surface area contributed by atoms with E-state index in [-0.39, 0.29) is 5.91 Å². The Balaban J connectivity index is 1.72. The lowest BCUT2D eigenvalue weighted by molar-refractivity contribution is -0.136. The smallest absolute Gasteiger partial charge is 0.227 e. The Morgan fingerprint density at radius 1 is 1.30 bits per heavy atom. The van der Waals surface area contributed by atoms with Crippen molar-refractivity contribution in [1.29, 1.82) is 0 Å². The summed E-state index contributed by atoms with van der Waals surface area (Å²) in [5, 5.41) is 0. The van der Waals surface area contributed by atoms with Crippen LogP contribution in [0.15, 0.2) is 18.2 Å². The highest BCUT2D eigenvalue weighted by Gasteiger charge is 2.28. The second-order valence-corrected chi connectivity index (χ2v) is 6.15. The third-order valence-corrected chi connectivity index (χ3v) is 4.59. The lowest BCUT2D eigenvalue weighted by atomic mass is 9.96. The number of likely N-dealkylation sites (tertiary alicyclic amines) is 1. The van der Waals surface area contributed by atoms with E-state index < -0.39 is 0 Å². The van der Waals surface area contributed by atoms with Gasteiger partial charge in [-0.15, -0.1) is 0 Å². The van der Waals surface area contributed by atoms with Crippen LogP contribution in [0.25, 0.3) is 0 Å². The molecule has 1 aromatic carbocycles. The highest BCUT2D eigenvalue weighted by molar-refractivity contribution is 5.79. The number of carbonyl (C=O) groups excluding carboxylic acids is 1. The Kier molecular flexibility index (Phi) is 3.68. The third kappa shape index (κ3) is 2.54.